The summed E-state index contributed by atoms with van der Waals surface area (Å²) >= 11 is 6.63. The summed E-state index contributed by atoms with van der Waals surface area (Å²) in [6.45, 7) is 3.75. The van der Waals surface area contributed by atoms with E-state index in [-0.39, 0.29) is 25.0 Å². The molecule has 3 aliphatic rings. The highest BCUT2D eigenvalue weighted by atomic mass is 32.2. The van der Waals surface area contributed by atoms with E-state index in [9.17, 15) is 9.59 Å². The summed E-state index contributed by atoms with van der Waals surface area (Å²) in [4.78, 5) is 31.3. The molecule has 0 atom stereocenters. The molecule has 3 aliphatic heterocycles. The van der Waals surface area contributed by atoms with Crippen LogP contribution < -0.4 is 9.47 Å². The van der Waals surface area contributed by atoms with Gasteiger partial charge in [-0.1, -0.05) is 30.0 Å². The van der Waals surface area contributed by atoms with Crippen LogP contribution in [0.2, 0.25) is 0 Å². The molecule has 28 heavy (non-hydrogen) atoms. The molecule has 2 saturated heterocycles. The van der Waals surface area contributed by atoms with Gasteiger partial charge in [-0.2, -0.15) is 0 Å². The SMILES string of the molecule is CN1CCN(C(=O)CCN2C(=O)/C(=C/c3ccc4c(c3)OCO4)SC2=S)CC1. The first-order chi connectivity index (χ1) is 13.5. The predicted molar refractivity (Wildman–Crippen MR) is 111 cm³/mol. The summed E-state index contributed by atoms with van der Waals surface area (Å²) in [7, 11) is 2.05. The monoisotopic (exact) mass is 419 g/mol. The number of thioether (sulfide) groups is 1. The fourth-order valence-corrected chi connectivity index (χ4v) is 4.58. The first-order valence-corrected chi connectivity index (χ1v) is 10.3. The Morgan fingerprint density at radius 3 is 2.75 bits per heavy atom. The van der Waals surface area contributed by atoms with Gasteiger partial charge in [-0.3, -0.25) is 14.5 Å². The third-order valence-electron chi connectivity index (χ3n) is 4.97. The largest absolute Gasteiger partial charge is 0.454 e. The van der Waals surface area contributed by atoms with Crippen molar-refractivity contribution in [2.45, 2.75) is 6.42 Å². The van der Waals surface area contributed by atoms with Crippen LogP contribution in [0.15, 0.2) is 23.1 Å². The lowest BCUT2D eigenvalue weighted by atomic mass is 10.2. The Kier molecular flexibility index (Phi) is 5.56. The van der Waals surface area contributed by atoms with E-state index >= 15 is 0 Å². The van der Waals surface area contributed by atoms with Crippen LogP contribution in [0, 0.1) is 0 Å². The number of thiocarbonyl (C=S) groups is 1. The molecule has 0 aliphatic carbocycles. The number of carbonyl (C=O) groups excluding carboxylic acids is 2. The summed E-state index contributed by atoms with van der Waals surface area (Å²) in [5.74, 6) is 1.29. The van der Waals surface area contributed by atoms with Gasteiger partial charge in [-0.25, -0.2) is 0 Å². The molecular weight excluding hydrogens is 398 g/mol. The zero-order valence-electron chi connectivity index (χ0n) is 15.6. The van der Waals surface area contributed by atoms with E-state index in [0.29, 0.717) is 27.3 Å². The van der Waals surface area contributed by atoms with Gasteiger partial charge in [0.25, 0.3) is 5.91 Å². The van der Waals surface area contributed by atoms with Crippen molar-refractivity contribution in [2.75, 3.05) is 46.6 Å². The maximum atomic E-state index is 12.7. The third kappa shape index (κ3) is 4.01. The number of hydrogen-bond acceptors (Lipinski definition) is 7. The minimum Gasteiger partial charge on any atom is -0.454 e. The van der Waals surface area contributed by atoms with Crippen molar-refractivity contribution >= 4 is 46.2 Å². The van der Waals surface area contributed by atoms with Gasteiger partial charge in [-0.15, -0.1) is 0 Å². The molecule has 9 heteroatoms. The summed E-state index contributed by atoms with van der Waals surface area (Å²) in [5.41, 5.74) is 0.846. The normalized spacial score (nSPS) is 21.1. The quantitative estimate of drug-likeness (QED) is 0.545. The number of nitrogens with zero attached hydrogens (tertiary/aromatic N) is 3. The third-order valence-corrected chi connectivity index (χ3v) is 6.35. The molecule has 0 unspecified atom stereocenters. The van der Waals surface area contributed by atoms with Crippen molar-refractivity contribution in [3.05, 3.63) is 28.7 Å². The highest BCUT2D eigenvalue weighted by molar-refractivity contribution is 8.26. The van der Waals surface area contributed by atoms with Crippen molar-refractivity contribution in [1.82, 2.24) is 14.7 Å². The molecule has 0 radical (unpaired) electrons. The molecule has 0 N–H and O–H groups in total. The van der Waals surface area contributed by atoms with Crippen LogP contribution in [0.5, 0.6) is 11.5 Å². The van der Waals surface area contributed by atoms with Gasteiger partial charge in [0.05, 0.1) is 4.91 Å². The van der Waals surface area contributed by atoms with E-state index in [1.165, 1.54) is 16.7 Å². The fourth-order valence-electron chi connectivity index (χ4n) is 3.27. The fraction of sp³-hybridized carbons (Fsp3) is 0.421. The number of amides is 2. The van der Waals surface area contributed by atoms with Gasteiger partial charge in [0.1, 0.15) is 4.32 Å². The second-order valence-electron chi connectivity index (χ2n) is 6.88. The lowest BCUT2D eigenvalue weighted by Crippen LogP contribution is -2.47. The summed E-state index contributed by atoms with van der Waals surface area (Å²) < 4.78 is 11.2. The molecule has 1 aromatic rings. The predicted octanol–water partition coefficient (Wildman–Crippen LogP) is 1.78. The Bertz CT molecular complexity index is 850. The lowest BCUT2D eigenvalue weighted by molar-refractivity contribution is -0.133. The highest BCUT2D eigenvalue weighted by Crippen LogP contribution is 2.36. The Morgan fingerprint density at radius 1 is 1.21 bits per heavy atom. The average molecular weight is 420 g/mol. The van der Waals surface area contributed by atoms with Crippen LogP contribution in [-0.2, 0) is 9.59 Å². The molecule has 3 heterocycles. The van der Waals surface area contributed by atoms with Crippen molar-refractivity contribution in [3.8, 4) is 11.5 Å². The van der Waals surface area contributed by atoms with Crippen molar-refractivity contribution in [3.63, 3.8) is 0 Å². The lowest BCUT2D eigenvalue weighted by Gasteiger charge is -2.32. The number of fused-ring (bicyclic) bond motifs is 1. The zero-order chi connectivity index (χ0) is 19.7. The highest BCUT2D eigenvalue weighted by Gasteiger charge is 2.32. The Hall–Kier alpha value is -2.10. The molecule has 7 nitrogen and oxygen atoms in total. The molecule has 148 valence electrons. The maximum absolute atomic E-state index is 12.7. The molecule has 4 rings (SSSR count). The van der Waals surface area contributed by atoms with E-state index in [1.807, 2.05) is 30.1 Å². The van der Waals surface area contributed by atoms with Crippen molar-refractivity contribution in [1.29, 1.82) is 0 Å². The molecule has 0 spiro atoms. The first kappa shape index (κ1) is 19.2. The minimum atomic E-state index is -0.154. The van der Waals surface area contributed by atoms with Crippen molar-refractivity contribution in [2.24, 2.45) is 0 Å². The number of benzene rings is 1. The van der Waals surface area contributed by atoms with E-state index in [4.69, 9.17) is 21.7 Å². The minimum absolute atomic E-state index is 0.0712. The number of rotatable bonds is 4. The van der Waals surface area contributed by atoms with Crippen LogP contribution in [0.25, 0.3) is 6.08 Å². The average Bonchev–Trinajstić information content (AvgIpc) is 3.25. The number of carbonyl (C=O) groups is 2. The van der Waals surface area contributed by atoms with E-state index < -0.39 is 0 Å². The Morgan fingerprint density at radius 2 is 1.96 bits per heavy atom. The van der Waals surface area contributed by atoms with Gasteiger partial charge in [0.2, 0.25) is 12.7 Å². The molecule has 0 aromatic heterocycles. The summed E-state index contributed by atoms with van der Waals surface area (Å²) in [5, 5.41) is 0. The van der Waals surface area contributed by atoms with Gasteiger partial charge in [0, 0.05) is 39.1 Å². The molecule has 2 amide bonds. The van der Waals surface area contributed by atoms with Crippen LogP contribution in [0.4, 0.5) is 0 Å². The van der Waals surface area contributed by atoms with Gasteiger partial charge >= 0.3 is 0 Å². The number of hydrogen-bond donors (Lipinski definition) is 0. The molecule has 0 bridgehead atoms. The topological polar surface area (TPSA) is 62.3 Å². The van der Waals surface area contributed by atoms with Gasteiger partial charge in [0.15, 0.2) is 11.5 Å². The second-order valence-corrected chi connectivity index (χ2v) is 8.56. The molecular formula is C19H21N3O4S2. The maximum Gasteiger partial charge on any atom is 0.266 e. The summed E-state index contributed by atoms with van der Waals surface area (Å²) in [6, 6.07) is 5.53. The van der Waals surface area contributed by atoms with E-state index in [0.717, 1.165) is 31.7 Å². The van der Waals surface area contributed by atoms with Crippen molar-refractivity contribution < 1.29 is 19.1 Å². The Labute approximate surface area is 173 Å². The standard InChI is InChI=1S/C19H21N3O4S2/c1-20-6-8-21(9-7-20)17(23)4-5-22-18(24)16(28-19(22)27)11-13-2-3-14-15(10-13)26-12-25-14/h2-3,10-11H,4-9,12H2,1H3/b16-11-. The molecule has 2 fully saturated rings. The van der Waals surface area contributed by atoms with Gasteiger partial charge in [-0.05, 0) is 30.8 Å². The molecule has 1 aromatic carbocycles. The first-order valence-electron chi connectivity index (χ1n) is 9.12. The molecule has 0 saturated carbocycles. The van der Waals surface area contributed by atoms with Crippen LogP contribution in [0.3, 0.4) is 0 Å². The smallest absolute Gasteiger partial charge is 0.266 e. The second kappa shape index (κ2) is 8.10. The Balaban J connectivity index is 1.38. The number of ether oxygens (including phenoxy) is 2. The number of likely N-dealkylation sites (N-methyl/N-ethyl adjacent to an activating group) is 1. The number of piperazine rings is 1. The van der Waals surface area contributed by atoms with Crippen LogP contribution in [-0.4, -0.2) is 77.4 Å². The van der Waals surface area contributed by atoms with E-state index in [1.54, 1.807) is 6.08 Å². The summed E-state index contributed by atoms with van der Waals surface area (Å²) in [6.07, 6.45) is 2.08. The van der Waals surface area contributed by atoms with Crippen LogP contribution >= 0.6 is 24.0 Å². The van der Waals surface area contributed by atoms with Gasteiger partial charge < -0.3 is 19.3 Å². The van der Waals surface area contributed by atoms with Crippen LogP contribution in [0.1, 0.15) is 12.0 Å². The zero-order valence-corrected chi connectivity index (χ0v) is 17.2. The van der Waals surface area contributed by atoms with E-state index in [2.05, 4.69) is 4.90 Å².